The van der Waals surface area contributed by atoms with E-state index in [0.717, 1.165) is 25.1 Å². The highest BCUT2D eigenvalue weighted by Gasteiger charge is 2.18. The maximum atomic E-state index is 12.2. The van der Waals surface area contributed by atoms with Crippen LogP contribution in [0.25, 0.3) is 5.78 Å². The molecule has 0 spiro atoms. The highest BCUT2D eigenvalue weighted by Crippen LogP contribution is 2.05. The third kappa shape index (κ3) is 2.32. The van der Waals surface area contributed by atoms with Gasteiger partial charge in [-0.3, -0.25) is 9.20 Å². The molecule has 0 aliphatic carbocycles. The van der Waals surface area contributed by atoms with E-state index in [-0.39, 0.29) is 5.91 Å². The fourth-order valence-electron chi connectivity index (χ4n) is 1.69. The second-order valence-corrected chi connectivity index (χ2v) is 4.34. The number of aromatic nitrogens is 4. The van der Waals surface area contributed by atoms with Gasteiger partial charge >= 0.3 is 0 Å². The Balaban J connectivity index is 2.28. The molecule has 2 rings (SSSR count). The van der Waals surface area contributed by atoms with Gasteiger partial charge in [0.15, 0.2) is 0 Å². The van der Waals surface area contributed by atoms with Crippen LogP contribution in [0.2, 0.25) is 0 Å². The van der Waals surface area contributed by atoms with E-state index in [9.17, 15) is 4.79 Å². The Labute approximate surface area is 106 Å². The summed E-state index contributed by atoms with van der Waals surface area (Å²) >= 11 is 0. The molecule has 1 amide bonds. The van der Waals surface area contributed by atoms with E-state index in [0.29, 0.717) is 11.6 Å². The summed E-state index contributed by atoms with van der Waals surface area (Å²) in [4.78, 5) is 18.1. The van der Waals surface area contributed by atoms with Crippen molar-refractivity contribution in [2.75, 3.05) is 13.6 Å². The molecule has 18 heavy (non-hydrogen) atoms. The van der Waals surface area contributed by atoms with Crippen LogP contribution in [0.3, 0.4) is 0 Å². The molecule has 0 aliphatic rings. The maximum absolute atomic E-state index is 12.2. The van der Waals surface area contributed by atoms with Gasteiger partial charge in [0, 0.05) is 25.5 Å². The zero-order valence-corrected chi connectivity index (χ0v) is 10.9. The van der Waals surface area contributed by atoms with Gasteiger partial charge in [0.25, 0.3) is 11.7 Å². The molecule has 0 atom stereocenters. The molecule has 2 aromatic heterocycles. The fraction of sp³-hybridized carbons (Fsp3) is 0.500. The van der Waals surface area contributed by atoms with Gasteiger partial charge in [-0.05, 0) is 19.4 Å². The predicted molar refractivity (Wildman–Crippen MR) is 67.4 cm³/mol. The van der Waals surface area contributed by atoms with Crippen molar-refractivity contribution in [2.24, 2.45) is 0 Å². The number of nitrogens with zero attached hydrogens (tertiary/aromatic N) is 5. The van der Waals surface area contributed by atoms with Crippen LogP contribution in [-0.2, 0) is 0 Å². The predicted octanol–water partition coefficient (Wildman–Crippen LogP) is 1.30. The minimum Gasteiger partial charge on any atom is -0.339 e. The first-order valence-electron chi connectivity index (χ1n) is 6.07. The molecule has 2 heterocycles. The molecule has 2 aromatic rings. The van der Waals surface area contributed by atoms with Crippen LogP contribution < -0.4 is 0 Å². The van der Waals surface area contributed by atoms with Gasteiger partial charge in [-0.1, -0.05) is 13.3 Å². The molecule has 0 unspecified atom stereocenters. The Bertz CT molecular complexity index is 563. The van der Waals surface area contributed by atoms with Crippen LogP contribution >= 0.6 is 0 Å². The highest BCUT2D eigenvalue weighted by molar-refractivity contribution is 5.91. The number of rotatable bonds is 4. The Morgan fingerprint density at radius 2 is 2.22 bits per heavy atom. The smallest absolute Gasteiger partial charge is 0.291 e. The Morgan fingerprint density at radius 3 is 2.94 bits per heavy atom. The molecule has 6 heteroatoms. The molecule has 0 radical (unpaired) electrons. The Morgan fingerprint density at radius 1 is 1.44 bits per heavy atom. The summed E-state index contributed by atoms with van der Waals surface area (Å²) in [6.45, 7) is 4.70. The zero-order valence-electron chi connectivity index (χ0n) is 10.9. The molecule has 0 saturated carbocycles. The van der Waals surface area contributed by atoms with Crippen LogP contribution in [0.1, 0.15) is 36.1 Å². The summed E-state index contributed by atoms with van der Waals surface area (Å²) in [5, 5.41) is 7.84. The molecule has 6 nitrogen and oxygen atoms in total. The lowest BCUT2D eigenvalue weighted by Gasteiger charge is -2.15. The minimum absolute atomic E-state index is 0.124. The lowest BCUT2D eigenvalue weighted by molar-refractivity contribution is 0.0780. The van der Waals surface area contributed by atoms with Crippen LogP contribution in [0, 0.1) is 6.92 Å². The first kappa shape index (κ1) is 12.5. The first-order chi connectivity index (χ1) is 8.63. The van der Waals surface area contributed by atoms with E-state index >= 15 is 0 Å². The van der Waals surface area contributed by atoms with Crippen molar-refractivity contribution in [2.45, 2.75) is 26.7 Å². The van der Waals surface area contributed by atoms with Crippen LogP contribution in [0.15, 0.2) is 12.3 Å². The number of aryl methyl sites for hydroxylation is 1. The fourth-order valence-corrected chi connectivity index (χ4v) is 1.69. The summed E-state index contributed by atoms with van der Waals surface area (Å²) in [6.07, 6.45) is 3.81. The quantitative estimate of drug-likeness (QED) is 0.817. The summed E-state index contributed by atoms with van der Waals surface area (Å²) in [6, 6.07) is 1.83. The van der Waals surface area contributed by atoms with E-state index in [2.05, 4.69) is 22.1 Å². The monoisotopic (exact) mass is 247 g/mol. The van der Waals surface area contributed by atoms with E-state index in [1.165, 1.54) is 0 Å². The number of amides is 1. The summed E-state index contributed by atoms with van der Waals surface area (Å²) < 4.78 is 1.62. The molecule has 0 aromatic carbocycles. The first-order valence-corrected chi connectivity index (χ1v) is 6.07. The lowest BCUT2D eigenvalue weighted by Crippen LogP contribution is -2.29. The summed E-state index contributed by atoms with van der Waals surface area (Å²) in [5.74, 6) is 0.653. The minimum atomic E-state index is -0.124. The zero-order chi connectivity index (χ0) is 13.1. The molecule has 0 N–H and O–H groups in total. The Hall–Kier alpha value is -1.98. The van der Waals surface area contributed by atoms with Crippen molar-refractivity contribution in [3.8, 4) is 0 Å². The third-order valence-corrected chi connectivity index (χ3v) is 2.80. The van der Waals surface area contributed by atoms with Gasteiger partial charge in [0.2, 0.25) is 5.82 Å². The molecule has 96 valence electrons. The van der Waals surface area contributed by atoms with E-state index in [1.54, 1.807) is 22.5 Å². The van der Waals surface area contributed by atoms with Crippen molar-refractivity contribution in [3.05, 3.63) is 23.8 Å². The normalized spacial score (nSPS) is 10.8. The molecular formula is C12H17N5O. The number of unbranched alkanes of at least 4 members (excludes halogenated alkanes) is 1. The van der Waals surface area contributed by atoms with Crippen molar-refractivity contribution in [1.82, 2.24) is 24.5 Å². The van der Waals surface area contributed by atoms with Crippen LogP contribution in [0.5, 0.6) is 0 Å². The average Bonchev–Trinajstić information content (AvgIpc) is 2.77. The molecular weight excluding hydrogens is 230 g/mol. The highest BCUT2D eigenvalue weighted by atomic mass is 16.2. The van der Waals surface area contributed by atoms with Crippen LogP contribution in [-0.4, -0.2) is 44.0 Å². The van der Waals surface area contributed by atoms with Gasteiger partial charge in [-0.25, -0.2) is 4.98 Å². The van der Waals surface area contributed by atoms with Gasteiger partial charge < -0.3 is 4.90 Å². The van der Waals surface area contributed by atoms with Gasteiger partial charge in [-0.2, -0.15) is 0 Å². The number of hydrogen-bond donors (Lipinski definition) is 0. The lowest BCUT2D eigenvalue weighted by atomic mass is 10.3. The average molecular weight is 247 g/mol. The van der Waals surface area contributed by atoms with E-state index in [1.807, 2.05) is 13.0 Å². The summed E-state index contributed by atoms with van der Waals surface area (Å²) in [5.41, 5.74) is 0.855. The van der Waals surface area contributed by atoms with Gasteiger partial charge in [-0.15, -0.1) is 10.2 Å². The Kier molecular flexibility index (Phi) is 3.55. The van der Waals surface area contributed by atoms with Crippen molar-refractivity contribution in [1.29, 1.82) is 0 Å². The number of fused-ring (bicyclic) bond motifs is 1. The van der Waals surface area contributed by atoms with Gasteiger partial charge in [0.1, 0.15) is 0 Å². The molecule has 0 saturated heterocycles. The third-order valence-electron chi connectivity index (χ3n) is 2.80. The molecule has 0 aliphatic heterocycles. The number of carbonyl (C=O) groups is 1. The van der Waals surface area contributed by atoms with Crippen molar-refractivity contribution < 1.29 is 4.79 Å². The van der Waals surface area contributed by atoms with Crippen molar-refractivity contribution >= 4 is 11.7 Å². The number of hydrogen-bond acceptors (Lipinski definition) is 4. The molecule has 0 bridgehead atoms. The van der Waals surface area contributed by atoms with E-state index < -0.39 is 0 Å². The van der Waals surface area contributed by atoms with Crippen molar-refractivity contribution in [3.63, 3.8) is 0 Å². The second kappa shape index (κ2) is 5.12. The standard InChI is InChI=1S/C12H17N5O/c1-4-5-7-16(3)11(18)10-14-15-12-13-9(2)6-8-17(10)12/h6,8H,4-5,7H2,1-3H3. The number of carbonyl (C=O) groups excluding carboxylic acids is 1. The largest absolute Gasteiger partial charge is 0.339 e. The maximum Gasteiger partial charge on any atom is 0.291 e. The SMILES string of the molecule is CCCCN(C)C(=O)c1nnc2nc(C)ccn12. The summed E-state index contributed by atoms with van der Waals surface area (Å²) in [7, 11) is 1.78. The van der Waals surface area contributed by atoms with Crippen LogP contribution in [0.4, 0.5) is 0 Å². The van der Waals surface area contributed by atoms with Gasteiger partial charge in [0.05, 0.1) is 0 Å². The molecule has 0 fully saturated rings. The topological polar surface area (TPSA) is 63.4 Å². The van der Waals surface area contributed by atoms with E-state index in [4.69, 9.17) is 0 Å². The second-order valence-electron chi connectivity index (χ2n) is 4.34.